The lowest BCUT2D eigenvalue weighted by molar-refractivity contribution is -0.114. The second-order valence-corrected chi connectivity index (χ2v) is 6.84. The quantitative estimate of drug-likeness (QED) is 0.835. The van der Waals surface area contributed by atoms with Crippen LogP contribution in [0.25, 0.3) is 5.70 Å². The second kappa shape index (κ2) is 6.95. The Kier molecular flexibility index (Phi) is 4.89. The lowest BCUT2D eigenvalue weighted by Gasteiger charge is -2.41. The molecule has 0 spiro atoms. The average molecular weight is 341 g/mol. The zero-order chi connectivity index (χ0) is 18.0. The fourth-order valence-electron chi connectivity index (χ4n) is 3.49. The number of Topliss-reactive ketones (excluding diaryl/α,β-unsaturated/α-hetero) is 1. The first-order chi connectivity index (χ1) is 12.0. The van der Waals surface area contributed by atoms with Crippen LogP contribution in [-0.2, 0) is 27.3 Å². The second-order valence-electron chi connectivity index (χ2n) is 6.84. The molecule has 0 unspecified atom stereocenters. The van der Waals surface area contributed by atoms with Crippen molar-refractivity contribution in [3.63, 3.8) is 0 Å². The number of ether oxygens (including phenoxy) is 2. The third kappa shape index (κ3) is 3.30. The zero-order valence-corrected chi connectivity index (χ0v) is 15.0. The van der Waals surface area contributed by atoms with Crippen LogP contribution in [0.1, 0.15) is 36.6 Å². The van der Waals surface area contributed by atoms with Crippen molar-refractivity contribution in [1.29, 1.82) is 5.26 Å². The molecule has 0 atom stereocenters. The lowest BCUT2D eigenvalue weighted by Crippen LogP contribution is -2.43. The fraction of sp³-hybridized carbons (Fsp3) is 0.526. The lowest BCUT2D eigenvalue weighted by atomic mass is 9.86. The summed E-state index contributed by atoms with van der Waals surface area (Å²) < 4.78 is 10.8. The molecule has 2 aliphatic rings. The van der Waals surface area contributed by atoms with Crippen molar-refractivity contribution < 1.29 is 14.3 Å². The van der Waals surface area contributed by atoms with Crippen molar-refractivity contribution in [2.45, 2.75) is 38.4 Å². The van der Waals surface area contributed by atoms with Crippen LogP contribution >= 0.6 is 0 Å². The van der Waals surface area contributed by atoms with E-state index in [4.69, 9.17) is 9.47 Å². The van der Waals surface area contributed by atoms with E-state index in [1.807, 2.05) is 6.07 Å². The number of hydrogen-bond donors (Lipinski definition) is 0. The summed E-state index contributed by atoms with van der Waals surface area (Å²) in [6.07, 6.45) is 3.67. The summed E-state index contributed by atoms with van der Waals surface area (Å²) in [5, 5.41) is 9.59. The first-order valence-corrected chi connectivity index (χ1v) is 8.46. The maximum atomic E-state index is 12.5. The summed E-state index contributed by atoms with van der Waals surface area (Å²) in [5.41, 5.74) is 3.45. The summed E-state index contributed by atoms with van der Waals surface area (Å²) in [6, 6.07) is 4.08. The van der Waals surface area contributed by atoms with E-state index in [-0.39, 0.29) is 23.4 Å². The molecule has 132 valence electrons. The van der Waals surface area contributed by atoms with Gasteiger partial charge in [-0.05, 0) is 31.4 Å². The number of piperidine rings is 1. The van der Waals surface area contributed by atoms with Crippen molar-refractivity contribution in [1.82, 2.24) is 9.88 Å². The van der Waals surface area contributed by atoms with E-state index in [1.165, 1.54) is 0 Å². The Bertz CT molecular complexity index is 756. The number of methoxy groups -OCH3 is 2. The minimum absolute atomic E-state index is 0.133. The highest BCUT2D eigenvalue weighted by atomic mass is 16.5. The highest BCUT2D eigenvalue weighted by Gasteiger charge is 2.35. The molecule has 0 saturated carbocycles. The maximum Gasteiger partial charge on any atom is 0.179 e. The fourth-order valence-corrected chi connectivity index (χ4v) is 3.49. The van der Waals surface area contributed by atoms with Gasteiger partial charge in [-0.25, -0.2) is 0 Å². The van der Waals surface area contributed by atoms with E-state index in [0.717, 1.165) is 48.4 Å². The summed E-state index contributed by atoms with van der Waals surface area (Å²) in [5.74, 6) is -0.133. The van der Waals surface area contributed by atoms with E-state index in [1.54, 1.807) is 20.4 Å². The standard InChI is InChI=1S/C19H23N3O3/c1-19(25-3)4-6-22(7-5-19)18-15-9-14(12-24-2)21-11-13(15)8-17(23)16(18)10-20/h9,11H,4-8,12H2,1-3H3. The van der Waals surface area contributed by atoms with E-state index in [2.05, 4.69) is 22.9 Å². The molecule has 1 saturated heterocycles. The molecule has 1 aliphatic heterocycles. The number of aromatic nitrogens is 1. The molecular weight excluding hydrogens is 318 g/mol. The van der Waals surface area contributed by atoms with Gasteiger partial charge in [0.25, 0.3) is 0 Å². The molecule has 1 aliphatic carbocycles. The number of fused-ring (bicyclic) bond motifs is 1. The smallest absolute Gasteiger partial charge is 0.179 e. The Morgan fingerprint density at radius 1 is 1.36 bits per heavy atom. The van der Waals surface area contributed by atoms with Gasteiger partial charge in [0.1, 0.15) is 11.6 Å². The van der Waals surface area contributed by atoms with Crippen molar-refractivity contribution in [2.75, 3.05) is 27.3 Å². The Morgan fingerprint density at radius 2 is 2.08 bits per heavy atom. The van der Waals surface area contributed by atoms with Gasteiger partial charge in [-0.15, -0.1) is 0 Å². The maximum absolute atomic E-state index is 12.5. The molecule has 0 aromatic carbocycles. The van der Waals surface area contributed by atoms with Crippen molar-refractivity contribution >= 4 is 11.5 Å². The summed E-state index contributed by atoms with van der Waals surface area (Å²) in [7, 11) is 3.36. The molecule has 1 aromatic heterocycles. The van der Waals surface area contributed by atoms with Crippen molar-refractivity contribution in [3.8, 4) is 6.07 Å². The number of carbonyl (C=O) groups excluding carboxylic acids is 1. The number of carbonyl (C=O) groups is 1. The van der Waals surface area contributed by atoms with Crippen LogP contribution in [0.3, 0.4) is 0 Å². The molecule has 6 nitrogen and oxygen atoms in total. The molecule has 3 rings (SSSR count). The molecule has 1 aromatic rings. The Hall–Kier alpha value is -2.23. The highest BCUT2D eigenvalue weighted by Crippen LogP contribution is 2.36. The summed E-state index contributed by atoms with van der Waals surface area (Å²) in [6.45, 7) is 4.00. The Morgan fingerprint density at radius 3 is 2.68 bits per heavy atom. The van der Waals surface area contributed by atoms with Gasteiger partial charge in [-0.2, -0.15) is 5.26 Å². The van der Waals surface area contributed by atoms with Gasteiger partial charge in [0.2, 0.25) is 0 Å². The monoisotopic (exact) mass is 341 g/mol. The largest absolute Gasteiger partial charge is 0.378 e. The average Bonchev–Trinajstić information content (AvgIpc) is 2.62. The summed E-state index contributed by atoms with van der Waals surface area (Å²) in [4.78, 5) is 19.0. The van der Waals surface area contributed by atoms with E-state index >= 15 is 0 Å². The van der Waals surface area contributed by atoms with Crippen LogP contribution in [0.5, 0.6) is 0 Å². The van der Waals surface area contributed by atoms with Gasteiger partial charge in [0.05, 0.1) is 23.6 Å². The SMILES string of the molecule is COCc1cc2c(cn1)CC(=O)C(C#N)=C2N1CCC(C)(OC)CC1. The van der Waals surface area contributed by atoms with Crippen LogP contribution in [0.15, 0.2) is 17.8 Å². The molecule has 0 amide bonds. The van der Waals surface area contributed by atoms with Gasteiger partial charge >= 0.3 is 0 Å². The molecule has 0 bridgehead atoms. The third-order valence-electron chi connectivity index (χ3n) is 5.20. The van der Waals surface area contributed by atoms with Crippen molar-refractivity contribution in [3.05, 3.63) is 34.7 Å². The normalized spacial score (nSPS) is 19.6. The predicted molar refractivity (Wildman–Crippen MR) is 92.4 cm³/mol. The van der Waals surface area contributed by atoms with Gasteiger partial charge in [0, 0.05) is 45.5 Å². The number of allylic oxidation sites excluding steroid dienone is 1. The predicted octanol–water partition coefficient (Wildman–Crippen LogP) is 2.09. The number of rotatable bonds is 4. The highest BCUT2D eigenvalue weighted by molar-refractivity contribution is 6.09. The Labute approximate surface area is 148 Å². The van der Waals surface area contributed by atoms with E-state index < -0.39 is 0 Å². The van der Waals surface area contributed by atoms with Crippen molar-refractivity contribution in [2.24, 2.45) is 0 Å². The molecule has 2 heterocycles. The van der Waals surface area contributed by atoms with Gasteiger partial charge in [-0.3, -0.25) is 9.78 Å². The molecular formula is C19H23N3O3. The minimum Gasteiger partial charge on any atom is -0.378 e. The van der Waals surface area contributed by atoms with Crippen LogP contribution in [0, 0.1) is 11.3 Å². The van der Waals surface area contributed by atoms with Gasteiger partial charge in [-0.1, -0.05) is 0 Å². The third-order valence-corrected chi connectivity index (χ3v) is 5.20. The van der Waals surface area contributed by atoms with Crippen LogP contribution < -0.4 is 0 Å². The first-order valence-electron chi connectivity index (χ1n) is 8.46. The molecule has 0 N–H and O–H groups in total. The molecule has 1 fully saturated rings. The minimum atomic E-state index is -0.148. The van der Waals surface area contributed by atoms with Gasteiger partial charge < -0.3 is 14.4 Å². The molecule has 25 heavy (non-hydrogen) atoms. The van der Waals surface area contributed by atoms with Crippen LogP contribution in [0.2, 0.25) is 0 Å². The van der Waals surface area contributed by atoms with Crippen LogP contribution in [0.4, 0.5) is 0 Å². The summed E-state index contributed by atoms with van der Waals surface area (Å²) >= 11 is 0. The number of likely N-dealkylation sites (tertiary alicyclic amines) is 1. The number of pyridine rings is 1. The molecule has 0 radical (unpaired) electrons. The number of nitriles is 1. The topological polar surface area (TPSA) is 75.5 Å². The van der Waals surface area contributed by atoms with Crippen LogP contribution in [-0.4, -0.2) is 48.6 Å². The first kappa shape index (κ1) is 17.6. The number of nitrogens with zero attached hydrogens (tertiary/aromatic N) is 3. The number of ketones is 1. The van der Waals surface area contributed by atoms with Gasteiger partial charge in [0.15, 0.2) is 5.78 Å². The molecule has 6 heteroatoms. The Balaban J connectivity index is 2.02. The van der Waals surface area contributed by atoms with E-state index in [0.29, 0.717) is 6.61 Å². The number of hydrogen-bond acceptors (Lipinski definition) is 6. The van der Waals surface area contributed by atoms with E-state index in [9.17, 15) is 10.1 Å². The zero-order valence-electron chi connectivity index (χ0n) is 15.0.